The van der Waals surface area contributed by atoms with Crippen LogP contribution in [0.3, 0.4) is 0 Å². The Labute approximate surface area is 179 Å². The molecule has 1 atom stereocenters. The second-order valence-corrected chi connectivity index (χ2v) is 8.66. The van der Waals surface area contributed by atoms with E-state index < -0.39 is 0 Å². The molecular weight excluding hydrogens is 394 g/mol. The van der Waals surface area contributed by atoms with Gasteiger partial charge >= 0.3 is 0 Å². The Kier molecular flexibility index (Phi) is 5.43. The Bertz CT molecular complexity index is 1220. The molecule has 0 amide bonds. The zero-order valence-corrected chi connectivity index (χ0v) is 17.6. The number of nitrogens with one attached hydrogen (secondary N) is 2. The number of anilines is 1. The van der Waals surface area contributed by atoms with Gasteiger partial charge in [0.1, 0.15) is 5.75 Å². The number of piperazine rings is 1. The van der Waals surface area contributed by atoms with Gasteiger partial charge in [0.15, 0.2) is 0 Å². The normalized spacial score (nSPS) is 16.9. The Hall–Kier alpha value is -2.83. The molecule has 1 unspecified atom stereocenters. The molecule has 30 heavy (non-hydrogen) atoms. The zero-order valence-electron chi connectivity index (χ0n) is 16.8. The van der Waals surface area contributed by atoms with Gasteiger partial charge in [0.05, 0.1) is 12.0 Å². The van der Waals surface area contributed by atoms with Crippen LogP contribution < -0.4 is 20.5 Å². The lowest BCUT2D eigenvalue weighted by Crippen LogP contribution is -2.51. The summed E-state index contributed by atoms with van der Waals surface area (Å²) in [6.07, 6.45) is 3.69. The largest absolute Gasteiger partial charge is 0.494 e. The molecule has 0 bridgehead atoms. The fourth-order valence-electron chi connectivity index (χ4n) is 4.33. The molecule has 0 aliphatic carbocycles. The first-order valence-corrected chi connectivity index (χ1v) is 11.4. The number of H-pyrrole nitrogens is 1. The second-order valence-electron chi connectivity index (χ2n) is 7.71. The highest BCUT2D eigenvalue weighted by Gasteiger charge is 2.23. The van der Waals surface area contributed by atoms with Crippen LogP contribution >= 0.6 is 11.3 Å². The van der Waals surface area contributed by atoms with Crippen molar-refractivity contribution in [3.05, 3.63) is 70.5 Å². The average molecular weight is 420 g/mol. The lowest BCUT2D eigenvalue weighted by Gasteiger charge is -2.38. The van der Waals surface area contributed by atoms with Crippen molar-refractivity contribution in [3.8, 4) is 5.75 Å². The van der Waals surface area contributed by atoms with E-state index in [1.54, 1.807) is 17.5 Å². The van der Waals surface area contributed by atoms with E-state index in [-0.39, 0.29) is 5.56 Å². The highest BCUT2D eigenvalue weighted by Crippen LogP contribution is 2.32. The van der Waals surface area contributed by atoms with Crippen molar-refractivity contribution in [1.82, 2.24) is 10.3 Å². The predicted molar refractivity (Wildman–Crippen MR) is 125 cm³/mol. The van der Waals surface area contributed by atoms with Gasteiger partial charge in [-0.15, -0.1) is 11.3 Å². The summed E-state index contributed by atoms with van der Waals surface area (Å²) in [4.78, 5) is 17.3. The summed E-state index contributed by atoms with van der Waals surface area (Å²) < 4.78 is 7.32. The van der Waals surface area contributed by atoms with E-state index in [1.807, 2.05) is 24.3 Å². The van der Waals surface area contributed by atoms with Crippen LogP contribution in [0.1, 0.15) is 12.8 Å². The number of hydrogen-bond acceptors (Lipinski definition) is 5. The fourth-order valence-corrected chi connectivity index (χ4v) is 5.13. The van der Waals surface area contributed by atoms with Crippen LogP contribution in [0.2, 0.25) is 0 Å². The van der Waals surface area contributed by atoms with E-state index in [2.05, 4.69) is 44.8 Å². The van der Waals surface area contributed by atoms with Crippen LogP contribution in [0.25, 0.3) is 20.9 Å². The van der Waals surface area contributed by atoms with Crippen LogP contribution in [-0.4, -0.2) is 37.3 Å². The molecule has 1 aliphatic rings. The molecular formula is C24H25N3O2S. The lowest BCUT2D eigenvalue weighted by atomic mass is 10.1. The maximum absolute atomic E-state index is 12.0. The molecule has 6 heteroatoms. The van der Waals surface area contributed by atoms with Crippen molar-refractivity contribution in [2.45, 2.75) is 18.9 Å². The Morgan fingerprint density at radius 1 is 1.13 bits per heavy atom. The molecule has 0 spiro atoms. The first-order valence-electron chi connectivity index (χ1n) is 10.5. The number of aromatic nitrogens is 1. The number of nitrogens with zero attached hydrogens (tertiary/aromatic N) is 1. The highest BCUT2D eigenvalue weighted by atomic mass is 32.1. The van der Waals surface area contributed by atoms with Crippen LogP contribution in [0, 0.1) is 0 Å². The van der Waals surface area contributed by atoms with Gasteiger partial charge < -0.3 is 19.9 Å². The topological polar surface area (TPSA) is 57.4 Å². The molecule has 1 saturated heterocycles. The van der Waals surface area contributed by atoms with E-state index in [0.29, 0.717) is 18.0 Å². The van der Waals surface area contributed by atoms with E-state index in [1.165, 1.54) is 15.8 Å². The first-order chi connectivity index (χ1) is 14.8. The third-order valence-electron chi connectivity index (χ3n) is 5.83. The molecule has 5 nitrogen and oxygen atoms in total. The van der Waals surface area contributed by atoms with E-state index in [4.69, 9.17) is 4.74 Å². The molecule has 0 saturated carbocycles. The number of ether oxygens (including phenoxy) is 1. The number of hydrogen-bond donors (Lipinski definition) is 2. The van der Waals surface area contributed by atoms with Gasteiger partial charge in [-0.2, -0.15) is 0 Å². The monoisotopic (exact) mass is 419 g/mol. The molecule has 1 aliphatic heterocycles. The SMILES string of the molecule is O=c1[nH]ccc2ccc(OCCCC3CNCCN3c3cccc4sccc34)cc12. The van der Waals surface area contributed by atoms with Gasteiger partial charge in [0.25, 0.3) is 5.56 Å². The zero-order chi connectivity index (χ0) is 20.3. The van der Waals surface area contributed by atoms with Crippen molar-refractivity contribution in [1.29, 1.82) is 0 Å². The molecule has 154 valence electrons. The number of pyridine rings is 1. The maximum atomic E-state index is 12.0. The number of rotatable bonds is 6. The lowest BCUT2D eigenvalue weighted by molar-refractivity contribution is 0.296. The third kappa shape index (κ3) is 3.80. The number of aromatic amines is 1. The maximum Gasteiger partial charge on any atom is 0.255 e. The van der Waals surface area contributed by atoms with Crippen molar-refractivity contribution in [2.24, 2.45) is 0 Å². The van der Waals surface area contributed by atoms with Gasteiger partial charge in [0.2, 0.25) is 0 Å². The minimum Gasteiger partial charge on any atom is -0.494 e. The predicted octanol–water partition coefficient (Wildman–Crippen LogP) is 4.38. The van der Waals surface area contributed by atoms with Gasteiger partial charge in [0, 0.05) is 47.6 Å². The summed E-state index contributed by atoms with van der Waals surface area (Å²) in [5, 5.41) is 8.67. The summed E-state index contributed by atoms with van der Waals surface area (Å²) >= 11 is 1.80. The minimum atomic E-state index is -0.0792. The summed E-state index contributed by atoms with van der Waals surface area (Å²) in [6.45, 7) is 3.67. The first kappa shape index (κ1) is 19.2. The van der Waals surface area contributed by atoms with Crippen molar-refractivity contribution < 1.29 is 4.74 Å². The summed E-state index contributed by atoms with van der Waals surface area (Å²) in [5.74, 6) is 0.751. The second kappa shape index (κ2) is 8.50. The standard InChI is InChI=1S/C24H25N3O2S/c28-24-21-15-19(7-6-17(21)8-10-26-24)29-13-2-3-18-16-25-11-12-27(18)22-4-1-5-23-20(22)9-14-30-23/h1,4-10,14-15,18,25H,2-3,11-13,16H2,(H,26,28). The minimum absolute atomic E-state index is 0.0792. The third-order valence-corrected chi connectivity index (χ3v) is 6.71. The van der Waals surface area contributed by atoms with E-state index in [9.17, 15) is 4.79 Å². The van der Waals surface area contributed by atoms with Gasteiger partial charge in [-0.1, -0.05) is 12.1 Å². The number of thiophene rings is 1. The smallest absolute Gasteiger partial charge is 0.255 e. The molecule has 1 fully saturated rings. The number of fused-ring (bicyclic) bond motifs is 2. The molecule has 0 radical (unpaired) electrons. The van der Waals surface area contributed by atoms with Crippen molar-refractivity contribution >= 4 is 37.9 Å². The van der Waals surface area contributed by atoms with Crippen molar-refractivity contribution in [2.75, 3.05) is 31.1 Å². The average Bonchev–Trinajstić information content (AvgIpc) is 3.27. The fraction of sp³-hybridized carbons (Fsp3) is 0.292. The number of benzene rings is 2. The van der Waals surface area contributed by atoms with E-state index >= 15 is 0 Å². The quantitative estimate of drug-likeness (QED) is 0.456. The highest BCUT2D eigenvalue weighted by molar-refractivity contribution is 7.17. The summed E-state index contributed by atoms with van der Waals surface area (Å²) in [5.41, 5.74) is 1.26. The van der Waals surface area contributed by atoms with Crippen LogP contribution in [0.4, 0.5) is 5.69 Å². The Morgan fingerprint density at radius 2 is 2.10 bits per heavy atom. The molecule has 2 N–H and O–H groups in total. The van der Waals surface area contributed by atoms with E-state index in [0.717, 1.165) is 43.6 Å². The van der Waals surface area contributed by atoms with Crippen LogP contribution in [-0.2, 0) is 0 Å². The molecule has 2 aromatic heterocycles. The molecule has 3 heterocycles. The molecule has 5 rings (SSSR count). The summed E-state index contributed by atoms with van der Waals surface area (Å²) in [6, 6.07) is 16.9. The van der Waals surface area contributed by atoms with Gasteiger partial charge in [-0.25, -0.2) is 0 Å². The Balaban J connectivity index is 1.24. The van der Waals surface area contributed by atoms with Crippen LogP contribution in [0.5, 0.6) is 5.75 Å². The molecule has 4 aromatic rings. The van der Waals surface area contributed by atoms with Crippen LogP contribution in [0.15, 0.2) is 64.9 Å². The van der Waals surface area contributed by atoms with Gasteiger partial charge in [-0.05, 0) is 60.0 Å². The summed E-state index contributed by atoms with van der Waals surface area (Å²) in [7, 11) is 0. The van der Waals surface area contributed by atoms with Gasteiger partial charge in [-0.3, -0.25) is 4.79 Å². The molecule has 2 aromatic carbocycles. The van der Waals surface area contributed by atoms with Crippen molar-refractivity contribution in [3.63, 3.8) is 0 Å². The Morgan fingerprint density at radius 3 is 3.07 bits per heavy atom.